The minimum atomic E-state index is -0.757. The number of hydrogen-bond donors (Lipinski definition) is 1. The molecular weight excluding hydrogens is 336 g/mol. The molecule has 0 fully saturated rings. The van der Waals surface area contributed by atoms with Gasteiger partial charge in [0.2, 0.25) is 0 Å². The van der Waals surface area contributed by atoms with Crippen LogP contribution >= 0.6 is 0 Å². The zero-order valence-electron chi connectivity index (χ0n) is 15.1. The van der Waals surface area contributed by atoms with E-state index in [9.17, 15) is 4.79 Å². The van der Waals surface area contributed by atoms with Gasteiger partial charge in [-0.1, -0.05) is 48.5 Å². The molecule has 4 nitrogen and oxygen atoms in total. The van der Waals surface area contributed by atoms with E-state index in [1.807, 2.05) is 29.1 Å². The van der Waals surface area contributed by atoms with Gasteiger partial charge >= 0.3 is 5.97 Å². The molecule has 1 aliphatic carbocycles. The van der Waals surface area contributed by atoms with E-state index >= 15 is 0 Å². The largest absolute Gasteiger partial charge is 0.481 e. The minimum absolute atomic E-state index is 0.163. The molecule has 1 aliphatic rings. The Kier molecular flexibility index (Phi) is 4.88. The standard InChI is InChI=1S/C23H22N2O2/c26-22(27)14-6-10-18-9-4-12-20-16-24-25(23(18)20)21-13-5-11-19(15-21)17-7-2-1-3-8-17/h1-3,5,7-8,10-11,13,15-16H,4,6,9,12,14H2,(H,26,27)/b18-10+. The number of benzene rings is 2. The van der Waals surface area contributed by atoms with Crippen molar-refractivity contribution in [1.29, 1.82) is 0 Å². The third-order valence-electron chi connectivity index (χ3n) is 4.99. The van der Waals surface area contributed by atoms with Crippen molar-refractivity contribution < 1.29 is 9.90 Å². The number of aromatic nitrogens is 2. The highest BCUT2D eigenvalue weighted by molar-refractivity contribution is 5.72. The van der Waals surface area contributed by atoms with E-state index in [4.69, 9.17) is 5.11 Å². The molecule has 1 N–H and O–H groups in total. The lowest BCUT2D eigenvalue weighted by molar-refractivity contribution is -0.136. The van der Waals surface area contributed by atoms with Gasteiger partial charge in [0.05, 0.1) is 17.6 Å². The van der Waals surface area contributed by atoms with Crippen LogP contribution in [0.1, 0.15) is 36.9 Å². The molecule has 0 saturated heterocycles. The number of allylic oxidation sites excluding steroid dienone is 2. The van der Waals surface area contributed by atoms with Crippen molar-refractivity contribution in [3.63, 3.8) is 0 Å². The quantitative estimate of drug-likeness (QED) is 0.688. The van der Waals surface area contributed by atoms with Crippen LogP contribution in [0.25, 0.3) is 22.4 Å². The average Bonchev–Trinajstić information content (AvgIpc) is 3.14. The fourth-order valence-corrected chi connectivity index (χ4v) is 3.71. The second-order valence-electron chi connectivity index (χ2n) is 6.86. The van der Waals surface area contributed by atoms with E-state index in [0.29, 0.717) is 6.42 Å². The predicted octanol–water partition coefficient (Wildman–Crippen LogP) is 5.12. The highest BCUT2D eigenvalue weighted by atomic mass is 16.4. The van der Waals surface area contributed by atoms with E-state index in [0.717, 1.165) is 36.2 Å². The summed E-state index contributed by atoms with van der Waals surface area (Å²) in [6.45, 7) is 0. The summed E-state index contributed by atoms with van der Waals surface area (Å²) in [4.78, 5) is 10.9. The van der Waals surface area contributed by atoms with Crippen LogP contribution in [-0.2, 0) is 11.2 Å². The van der Waals surface area contributed by atoms with Crippen molar-refractivity contribution in [1.82, 2.24) is 9.78 Å². The normalized spacial score (nSPS) is 14.9. The second kappa shape index (κ2) is 7.62. The van der Waals surface area contributed by atoms with Crippen LogP contribution in [0.4, 0.5) is 0 Å². The van der Waals surface area contributed by atoms with E-state index in [2.05, 4.69) is 47.6 Å². The summed E-state index contributed by atoms with van der Waals surface area (Å²) in [5, 5.41) is 13.6. The molecule has 0 amide bonds. The molecule has 1 heterocycles. The number of carboxylic acid groups (broad SMARTS) is 1. The summed E-state index contributed by atoms with van der Waals surface area (Å²) >= 11 is 0. The van der Waals surface area contributed by atoms with Crippen molar-refractivity contribution in [2.24, 2.45) is 0 Å². The summed E-state index contributed by atoms with van der Waals surface area (Å²) < 4.78 is 2.01. The molecule has 136 valence electrons. The molecule has 3 aromatic rings. The molecule has 4 heteroatoms. The number of rotatable bonds is 5. The fourth-order valence-electron chi connectivity index (χ4n) is 3.71. The summed E-state index contributed by atoms with van der Waals surface area (Å²) in [7, 11) is 0. The molecule has 0 atom stereocenters. The van der Waals surface area contributed by atoms with Gasteiger partial charge in [-0.15, -0.1) is 0 Å². The van der Waals surface area contributed by atoms with Gasteiger partial charge in [-0.3, -0.25) is 4.79 Å². The smallest absolute Gasteiger partial charge is 0.303 e. The van der Waals surface area contributed by atoms with Crippen LogP contribution in [0.3, 0.4) is 0 Å². The number of nitrogens with zero attached hydrogens (tertiary/aromatic N) is 2. The first-order chi connectivity index (χ1) is 13.2. The third kappa shape index (κ3) is 3.70. The second-order valence-corrected chi connectivity index (χ2v) is 6.86. The van der Waals surface area contributed by atoms with Gasteiger partial charge in [0, 0.05) is 6.42 Å². The molecule has 0 radical (unpaired) electrons. The van der Waals surface area contributed by atoms with E-state index in [1.165, 1.54) is 16.7 Å². The Bertz CT molecular complexity index is 987. The minimum Gasteiger partial charge on any atom is -0.481 e. The van der Waals surface area contributed by atoms with E-state index in [-0.39, 0.29) is 6.42 Å². The van der Waals surface area contributed by atoms with Gasteiger partial charge in [0.1, 0.15) is 0 Å². The Labute approximate surface area is 158 Å². The maximum Gasteiger partial charge on any atom is 0.303 e. The Hall–Kier alpha value is -3.14. The monoisotopic (exact) mass is 358 g/mol. The number of hydrogen-bond acceptors (Lipinski definition) is 2. The van der Waals surface area contributed by atoms with Crippen LogP contribution in [0, 0.1) is 0 Å². The Morgan fingerprint density at radius 1 is 1.07 bits per heavy atom. The third-order valence-corrected chi connectivity index (χ3v) is 4.99. The van der Waals surface area contributed by atoms with Gasteiger partial charge < -0.3 is 5.11 Å². The van der Waals surface area contributed by atoms with Crippen molar-refractivity contribution >= 4 is 11.5 Å². The first-order valence-corrected chi connectivity index (χ1v) is 9.36. The van der Waals surface area contributed by atoms with E-state index in [1.54, 1.807) is 0 Å². The molecule has 4 rings (SSSR count). The molecule has 0 bridgehead atoms. The van der Waals surface area contributed by atoms with Crippen molar-refractivity contribution in [3.05, 3.63) is 78.1 Å². The van der Waals surface area contributed by atoms with Crippen LogP contribution < -0.4 is 0 Å². The maximum atomic E-state index is 10.9. The zero-order valence-corrected chi connectivity index (χ0v) is 15.1. The number of aryl methyl sites for hydroxylation is 1. The molecule has 27 heavy (non-hydrogen) atoms. The molecular formula is C23H22N2O2. The van der Waals surface area contributed by atoms with Gasteiger partial charge in [0.25, 0.3) is 0 Å². The van der Waals surface area contributed by atoms with Gasteiger partial charge in [-0.2, -0.15) is 5.10 Å². The maximum absolute atomic E-state index is 10.9. The zero-order chi connectivity index (χ0) is 18.6. The SMILES string of the molecule is O=C(O)CC/C=C1\CCCc2cnn(-c3cccc(-c4ccccc4)c3)c21. The van der Waals surface area contributed by atoms with E-state index < -0.39 is 5.97 Å². The lowest BCUT2D eigenvalue weighted by atomic mass is 9.92. The Morgan fingerprint density at radius 3 is 2.70 bits per heavy atom. The topological polar surface area (TPSA) is 55.1 Å². The van der Waals surface area contributed by atoms with Crippen molar-refractivity contribution in [2.75, 3.05) is 0 Å². The van der Waals surface area contributed by atoms with Gasteiger partial charge in [-0.05, 0) is 60.1 Å². The number of aliphatic carboxylic acids is 1. The molecule has 1 aromatic heterocycles. The lowest BCUT2D eigenvalue weighted by Crippen LogP contribution is -2.07. The molecule has 0 unspecified atom stereocenters. The molecule has 2 aromatic carbocycles. The predicted molar refractivity (Wildman–Crippen MR) is 107 cm³/mol. The number of fused-ring (bicyclic) bond motifs is 1. The van der Waals surface area contributed by atoms with Crippen molar-refractivity contribution in [3.8, 4) is 16.8 Å². The number of carboxylic acids is 1. The fraction of sp³-hybridized carbons (Fsp3) is 0.217. The summed E-state index contributed by atoms with van der Waals surface area (Å²) in [6.07, 6.45) is 7.82. The highest BCUT2D eigenvalue weighted by Gasteiger charge is 2.20. The van der Waals surface area contributed by atoms with Gasteiger partial charge in [-0.25, -0.2) is 4.68 Å². The highest BCUT2D eigenvalue weighted by Crippen LogP contribution is 2.33. The first kappa shape index (κ1) is 17.3. The molecule has 0 spiro atoms. The summed E-state index contributed by atoms with van der Waals surface area (Å²) in [5.74, 6) is -0.757. The average molecular weight is 358 g/mol. The summed E-state index contributed by atoms with van der Waals surface area (Å²) in [6, 6.07) is 18.7. The van der Waals surface area contributed by atoms with Crippen LogP contribution in [0.2, 0.25) is 0 Å². The Morgan fingerprint density at radius 2 is 1.89 bits per heavy atom. The molecule has 0 aliphatic heterocycles. The summed E-state index contributed by atoms with van der Waals surface area (Å²) in [5.41, 5.74) is 6.95. The number of carbonyl (C=O) groups is 1. The van der Waals surface area contributed by atoms with Crippen LogP contribution in [0.5, 0.6) is 0 Å². The van der Waals surface area contributed by atoms with Crippen molar-refractivity contribution in [2.45, 2.75) is 32.1 Å². The molecule has 0 saturated carbocycles. The lowest BCUT2D eigenvalue weighted by Gasteiger charge is -2.18. The van der Waals surface area contributed by atoms with Gasteiger partial charge in [0.15, 0.2) is 0 Å². The first-order valence-electron chi connectivity index (χ1n) is 9.36. The Balaban J connectivity index is 1.72. The van der Waals surface area contributed by atoms with Crippen LogP contribution in [-0.4, -0.2) is 20.9 Å². The van der Waals surface area contributed by atoms with Crippen LogP contribution in [0.15, 0.2) is 66.9 Å².